The summed E-state index contributed by atoms with van der Waals surface area (Å²) in [5, 5.41) is 0. The van der Waals surface area contributed by atoms with E-state index in [1.807, 2.05) is 0 Å². The average Bonchev–Trinajstić information content (AvgIpc) is 3.54. The number of aryl methyl sites for hydroxylation is 1. The summed E-state index contributed by atoms with van der Waals surface area (Å²) >= 11 is 0. The van der Waals surface area contributed by atoms with Gasteiger partial charge in [-0.1, -0.05) is 192 Å². The van der Waals surface area contributed by atoms with E-state index in [-0.39, 0.29) is 21.7 Å². The van der Waals surface area contributed by atoms with E-state index < -0.39 is 8.07 Å². The molecule has 1 heteroatoms. The molecule has 52 heavy (non-hydrogen) atoms. The first-order chi connectivity index (χ1) is 23.8. The Bertz CT molecular complexity index is 2070. The second-order valence-electron chi connectivity index (χ2n) is 21.2. The molecular formula is C51H66Si. The Balaban J connectivity index is 1.53. The Morgan fingerprint density at radius 3 is 1.27 bits per heavy atom. The van der Waals surface area contributed by atoms with E-state index in [0.717, 1.165) is 0 Å². The number of allylic oxidation sites excluding steroid dienone is 2. The maximum atomic E-state index is 2.68. The Labute approximate surface area is 318 Å². The highest BCUT2D eigenvalue weighted by atomic mass is 28.3. The molecule has 2 atom stereocenters. The summed E-state index contributed by atoms with van der Waals surface area (Å²) in [6.45, 7) is 40.7. The normalized spacial score (nSPS) is 17.9. The maximum absolute atomic E-state index is 2.68. The van der Waals surface area contributed by atoms with Crippen LogP contribution in [-0.4, -0.2) is 8.07 Å². The van der Waals surface area contributed by atoms with E-state index in [1.54, 1.807) is 11.1 Å². The summed E-state index contributed by atoms with van der Waals surface area (Å²) in [6.07, 6.45) is 5.11. The second-order valence-corrected chi connectivity index (χ2v) is 26.0. The molecule has 2 unspecified atom stereocenters. The van der Waals surface area contributed by atoms with Gasteiger partial charge in [0.25, 0.3) is 0 Å². The zero-order valence-electron chi connectivity index (χ0n) is 35.7. The number of hydrogen-bond acceptors (Lipinski definition) is 0. The van der Waals surface area contributed by atoms with Crippen molar-refractivity contribution in [2.45, 2.75) is 150 Å². The largest absolute Gasteiger partial charge is 0.0722 e. The first kappa shape index (κ1) is 38.3. The van der Waals surface area contributed by atoms with Crippen LogP contribution < -0.4 is 0 Å². The summed E-state index contributed by atoms with van der Waals surface area (Å²) < 4.78 is 0. The molecule has 2 aliphatic carbocycles. The van der Waals surface area contributed by atoms with Crippen LogP contribution >= 0.6 is 0 Å². The van der Waals surface area contributed by atoms with Gasteiger partial charge in [-0.25, -0.2) is 0 Å². The zero-order chi connectivity index (χ0) is 38.5. The van der Waals surface area contributed by atoms with E-state index >= 15 is 0 Å². The van der Waals surface area contributed by atoms with Gasteiger partial charge in [-0.15, -0.1) is 0 Å². The Hall–Kier alpha value is -3.42. The summed E-state index contributed by atoms with van der Waals surface area (Å²) in [7, 11) is -2.07. The topological polar surface area (TPSA) is 0 Å². The van der Waals surface area contributed by atoms with Gasteiger partial charge in [-0.05, 0) is 109 Å². The zero-order valence-corrected chi connectivity index (χ0v) is 36.7. The fraction of sp³-hybridized carbons (Fsp3) is 0.451. The van der Waals surface area contributed by atoms with Crippen molar-refractivity contribution in [3.8, 4) is 22.3 Å². The lowest BCUT2D eigenvalue weighted by molar-refractivity contribution is 0.569. The third-order valence-corrected chi connectivity index (χ3v) is 16.7. The van der Waals surface area contributed by atoms with Gasteiger partial charge in [0.15, 0.2) is 0 Å². The first-order valence-corrected chi connectivity index (χ1v) is 22.9. The van der Waals surface area contributed by atoms with Crippen LogP contribution in [0.1, 0.15) is 158 Å². The van der Waals surface area contributed by atoms with Crippen LogP contribution in [0.25, 0.3) is 34.4 Å². The van der Waals surface area contributed by atoms with Crippen LogP contribution in [0.2, 0.25) is 13.1 Å². The molecule has 0 saturated heterocycles. The van der Waals surface area contributed by atoms with Crippen molar-refractivity contribution in [2.24, 2.45) is 0 Å². The monoisotopic (exact) mass is 706 g/mol. The molecular weight excluding hydrogens is 641 g/mol. The molecule has 0 N–H and O–H groups in total. The molecule has 4 aromatic carbocycles. The summed E-state index contributed by atoms with van der Waals surface area (Å²) in [4.78, 5) is 0. The van der Waals surface area contributed by atoms with Crippen molar-refractivity contribution in [2.75, 3.05) is 0 Å². The molecule has 0 bridgehead atoms. The summed E-state index contributed by atoms with van der Waals surface area (Å²) in [5.74, 6) is 0. The molecule has 0 radical (unpaired) electrons. The molecule has 6 rings (SSSR count). The third kappa shape index (κ3) is 6.88. The molecule has 2 aliphatic rings. The first-order valence-electron chi connectivity index (χ1n) is 19.7. The standard InChI is InChI=1S/C51H66Si/c1-31-22-40(34-18-20-36(21-19-34)48(4,5)6)42-24-32(2)46(44(42)23-31)52(16,17)47-33(3)25-43-41(29-39(30-45(43)47)51(13,14)15)35-26-37(49(7,8)9)28-38(27-35)50(10,11)12/h18-30,46-47H,1-17H3. The van der Waals surface area contributed by atoms with Gasteiger partial charge < -0.3 is 0 Å². The van der Waals surface area contributed by atoms with Crippen LogP contribution in [0.3, 0.4) is 0 Å². The van der Waals surface area contributed by atoms with E-state index in [0.29, 0.717) is 11.1 Å². The molecule has 0 aromatic heterocycles. The molecule has 0 fully saturated rings. The van der Waals surface area contributed by atoms with Crippen molar-refractivity contribution < 1.29 is 0 Å². The number of rotatable bonds is 4. The molecule has 4 aromatic rings. The minimum absolute atomic E-state index is 0.0371. The average molecular weight is 707 g/mol. The SMILES string of the molecule is CC1=Cc2c(-c3ccc(C(C)(C)C)cc3)cc(C)cc2C1[Si](C)(C)C1C(C)=Cc2c(-c3cc(C(C)(C)C)cc(C(C)(C)C)c3)cc(C(C)(C)C)cc21. The van der Waals surface area contributed by atoms with Crippen LogP contribution in [0.15, 0.2) is 77.9 Å². The highest BCUT2D eigenvalue weighted by Gasteiger charge is 2.48. The van der Waals surface area contributed by atoms with Crippen LogP contribution in [0.5, 0.6) is 0 Å². The second kappa shape index (κ2) is 12.6. The molecule has 0 amide bonds. The third-order valence-electron chi connectivity index (χ3n) is 12.2. The fourth-order valence-corrected chi connectivity index (χ4v) is 14.2. The quantitative estimate of drug-likeness (QED) is 0.185. The lowest BCUT2D eigenvalue weighted by Gasteiger charge is -2.39. The molecule has 0 aliphatic heterocycles. The molecule has 0 nitrogen and oxygen atoms in total. The summed E-state index contributed by atoms with van der Waals surface area (Å²) in [6, 6.07) is 26.9. The molecule has 0 heterocycles. The molecule has 274 valence electrons. The highest BCUT2D eigenvalue weighted by Crippen LogP contribution is 2.55. The predicted octanol–water partition coefficient (Wildman–Crippen LogP) is 15.0. The minimum Gasteiger partial charge on any atom is -0.0679 e. The fourth-order valence-electron chi connectivity index (χ4n) is 9.27. The number of fused-ring (bicyclic) bond motifs is 2. The Kier molecular flexibility index (Phi) is 9.27. The predicted molar refractivity (Wildman–Crippen MR) is 234 cm³/mol. The van der Waals surface area contributed by atoms with Gasteiger partial charge in [0.2, 0.25) is 0 Å². The molecule has 0 saturated carbocycles. The smallest absolute Gasteiger partial charge is 0.0679 e. The van der Waals surface area contributed by atoms with Crippen molar-refractivity contribution in [1.82, 2.24) is 0 Å². The Morgan fingerprint density at radius 1 is 0.423 bits per heavy atom. The van der Waals surface area contributed by atoms with Crippen molar-refractivity contribution in [3.05, 3.63) is 128 Å². The van der Waals surface area contributed by atoms with E-state index in [9.17, 15) is 0 Å². The number of benzene rings is 4. The van der Waals surface area contributed by atoms with Gasteiger partial charge in [0.1, 0.15) is 0 Å². The van der Waals surface area contributed by atoms with Gasteiger partial charge in [-0.2, -0.15) is 0 Å². The van der Waals surface area contributed by atoms with Crippen molar-refractivity contribution in [3.63, 3.8) is 0 Å². The van der Waals surface area contributed by atoms with Gasteiger partial charge >= 0.3 is 0 Å². The van der Waals surface area contributed by atoms with Crippen LogP contribution in [-0.2, 0) is 21.7 Å². The molecule has 0 spiro atoms. The van der Waals surface area contributed by atoms with Crippen molar-refractivity contribution in [1.29, 1.82) is 0 Å². The summed E-state index contributed by atoms with van der Waals surface area (Å²) in [5.41, 5.74) is 22.7. The lowest BCUT2D eigenvalue weighted by atomic mass is 9.77. The minimum atomic E-state index is -2.07. The van der Waals surface area contributed by atoms with Gasteiger partial charge in [0.05, 0.1) is 8.07 Å². The number of hydrogen-bond donors (Lipinski definition) is 0. The Morgan fingerprint density at radius 2 is 0.827 bits per heavy atom. The van der Waals surface area contributed by atoms with Gasteiger partial charge in [-0.3, -0.25) is 0 Å². The van der Waals surface area contributed by atoms with Crippen LogP contribution in [0.4, 0.5) is 0 Å². The van der Waals surface area contributed by atoms with E-state index in [2.05, 4.69) is 196 Å². The van der Waals surface area contributed by atoms with E-state index in [1.165, 1.54) is 72.3 Å². The lowest BCUT2D eigenvalue weighted by Crippen LogP contribution is -2.42. The van der Waals surface area contributed by atoms with Crippen LogP contribution in [0, 0.1) is 6.92 Å². The van der Waals surface area contributed by atoms with Gasteiger partial charge in [0, 0.05) is 11.1 Å². The van der Waals surface area contributed by atoms with E-state index in [4.69, 9.17) is 0 Å². The maximum Gasteiger partial charge on any atom is 0.0722 e. The van der Waals surface area contributed by atoms with Crippen molar-refractivity contribution >= 4 is 20.2 Å². The highest BCUT2D eigenvalue weighted by molar-refractivity contribution is 6.81.